The molecular formula is C24H23ClFNO2S. The van der Waals surface area contributed by atoms with Crippen LogP contribution >= 0.6 is 11.6 Å². The molecule has 0 amide bonds. The van der Waals surface area contributed by atoms with Crippen molar-refractivity contribution in [3.63, 3.8) is 0 Å². The molecule has 0 aliphatic carbocycles. The maximum atomic E-state index is 13.1. The first-order chi connectivity index (χ1) is 14.1. The number of anilines is 1. The molecule has 3 aromatic carbocycles. The molecule has 30 heavy (non-hydrogen) atoms. The second-order valence-electron chi connectivity index (χ2n) is 8.43. The summed E-state index contributed by atoms with van der Waals surface area (Å²) in [5, 5.41) is 4.29. The van der Waals surface area contributed by atoms with Crippen LogP contribution in [0.15, 0.2) is 71.6 Å². The van der Waals surface area contributed by atoms with Crippen LogP contribution in [0, 0.1) is 5.82 Å². The number of hydrogen-bond donors (Lipinski definition) is 1. The Morgan fingerprint density at radius 3 is 2.53 bits per heavy atom. The summed E-state index contributed by atoms with van der Waals surface area (Å²) in [7, 11) is -3.56. The first kappa shape index (κ1) is 20.9. The van der Waals surface area contributed by atoms with E-state index >= 15 is 0 Å². The molecule has 0 fully saturated rings. The molecule has 1 unspecified atom stereocenters. The zero-order valence-electron chi connectivity index (χ0n) is 16.8. The fourth-order valence-corrected chi connectivity index (χ4v) is 5.61. The third kappa shape index (κ3) is 4.23. The minimum atomic E-state index is -3.56. The van der Waals surface area contributed by atoms with Crippen molar-refractivity contribution in [3.8, 4) is 0 Å². The highest BCUT2D eigenvalue weighted by Crippen LogP contribution is 2.44. The first-order valence-corrected chi connectivity index (χ1v) is 11.8. The van der Waals surface area contributed by atoms with E-state index in [9.17, 15) is 12.8 Å². The molecule has 0 saturated heterocycles. The molecule has 4 rings (SSSR count). The van der Waals surface area contributed by atoms with Crippen LogP contribution in [0.2, 0.25) is 5.02 Å². The number of hydrogen-bond acceptors (Lipinski definition) is 3. The average molecular weight is 444 g/mol. The van der Waals surface area contributed by atoms with Gasteiger partial charge in [-0.1, -0.05) is 49.7 Å². The first-order valence-electron chi connectivity index (χ1n) is 9.78. The second kappa shape index (κ2) is 7.71. The van der Waals surface area contributed by atoms with E-state index in [2.05, 4.69) is 19.2 Å². The lowest BCUT2D eigenvalue weighted by Gasteiger charge is -2.39. The van der Waals surface area contributed by atoms with Crippen molar-refractivity contribution in [2.24, 2.45) is 0 Å². The van der Waals surface area contributed by atoms with Crippen molar-refractivity contribution in [1.82, 2.24) is 0 Å². The molecule has 1 atom stereocenters. The molecule has 3 aromatic rings. The third-order valence-corrected chi connectivity index (χ3v) is 7.58. The van der Waals surface area contributed by atoms with Gasteiger partial charge in [0.05, 0.1) is 16.7 Å². The van der Waals surface area contributed by atoms with Crippen LogP contribution in [0.5, 0.6) is 0 Å². The van der Waals surface area contributed by atoms with E-state index in [1.54, 1.807) is 0 Å². The minimum Gasteiger partial charge on any atom is -0.378 e. The molecule has 3 nitrogen and oxygen atoms in total. The molecule has 0 radical (unpaired) electrons. The van der Waals surface area contributed by atoms with Gasteiger partial charge in [0.25, 0.3) is 0 Å². The van der Waals surface area contributed by atoms with Crippen LogP contribution in [0.4, 0.5) is 10.1 Å². The molecule has 1 N–H and O–H groups in total. The Kier molecular flexibility index (Phi) is 5.37. The summed E-state index contributed by atoms with van der Waals surface area (Å²) in [4.78, 5) is 0.122. The molecule has 0 saturated carbocycles. The SMILES string of the molecule is CC1(C)CC(c2cccc(CS(=O)(=O)c3ccc(F)cc3)c2)Nc2ccc(Cl)cc21. The topological polar surface area (TPSA) is 46.2 Å². The predicted molar refractivity (Wildman–Crippen MR) is 119 cm³/mol. The Balaban J connectivity index is 1.61. The maximum absolute atomic E-state index is 13.1. The van der Waals surface area contributed by atoms with E-state index in [-0.39, 0.29) is 22.1 Å². The monoisotopic (exact) mass is 443 g/mol. The summed E-state index contributed by atoms with van der Waals surface area (Å²) in [5.74, 6) is -0.585. The summed E-state index contributed by atoms with van der Waals surface area (Å²) in [5.41, 5.74) is 3.90. The fraction of sp³-hybridized carbons (Fsp3) is 0.250. The van der Waals surface area contributed by atoms with E-state index in [1.165, 1.54) is 29.8 Å². The Bertz CT molecular complexity index is 1190. The summed E-state index contributed by atoms with van der Waals surface area (Å²) in [6.07, 6.45) is 0.856. The van der Waals surface area contributed by atoms with Crippen LogP contribution in [0.3, 0.4) is 0 Å². The Morgan fingerprint density at radius 1 is 1.07 bits per heavy atom. The van der Waals surface area contributed by atoms with Crippen molar-refractivity contribution < 1.29 is 12.8 Å². The largest absolute Gasteiger partial charge is 0.378 e. The zero-order chi connectivity index (χ0) is 21.5. The van der Waals surface area contributed by atoms with Gasteiger partial charge in [0.1, 0.15) is 5.82 Å². The molecule has 1 heterocycles. The minimum absolute atomic E-state index is 0.0575. The fourth-order valence-electron chi connectivity index (χ4n) is 4.11. The van der Waals surface area contributed by atoms with E-state index in [4.69, 9.17) is 11.6 Å². The van der Waals surface area contributed by atoms with Gasteiger partial charge in [-0.2, -0.15) is 0 Å². The molecule has 1 aliphatic rings. The maximum Gasteiger partial charge on any atom is 0.182 e. The molecule has 0 bridgehead atoms. The quantitative estimate of drug-likeness (QED) is 0.482. The number of nitrogens with one attached hydrogen (secondary N) is 1. The van der Waals surface area contributed by atoms with Gasteiger partial charge in [0.2, 0.25) is 0 Å². The Hall–Kier alpha value is -2.37. The van der Waals surface area contributed by atoms with Gasteiger partial charge in [0, 0.05) is 10.7 Å². The third-order valence-electron chi connectivity index (χ3n) is 5.64. The Morgan fingerprint density at radius 2 is 1.80 bits per heavy atom. The van der Waals surface area contributed by atoms with E-state index in [0.717, 1.165) is 22.7 Å². The van der Waals surface area contributed by atoms with Crippen LogP contribution in [0.1, 0.15) is 43.0 Å². The predicted octanol–water partition coefficient (Wildman–Crippen LogP) is 6.29. The normalized spacial score (nSPS) is 17.8. The highest BCUT2D eigenvalue weighted by atomic mass is 35.5. The lowest BCUT2D eigenvalue weighted by atomic mass is 9.74. The summed E-state index contributed by atoms with van der Waals surface area (Å²) in [6.45, 7) is 4.39. The summed E-state index contributed by atoms with van der Waals surface area (Å²) >= 11 is 6.19. The molecule has 156 valence electrons. The number of rotatable bonds is 4. The van der Waals surface area contributed by atoms with Gasteiger partial charge >= 0.3 is 0 Å². The van der Waals surface area contributed by atoms with Crippen molar-refractivity contribution in [3.05, 3.63) is 94.3 Å². The number of benzene rings is 3. The van der Waals surface area contributed by atoms with E-state index in [0.29, 0.717) is 5.56 Å². The number of sulfone groups is 1. The molecule has 0 aromatic heterocycles. The van der Waals surface area contributed by atoms with Crippen molar-refractivity contribution in [2.45, 2.75) is 42.4 Å². The van der Waals surface area contributed by atoms with Crippen LogP contribution in [-0.2, 0) is 21.0 Å². The summed E-state index contributed by atoms with van der Waals surface area (Å²) < 4.78 is 38.6. The number of fused-ring (bicyclic) bond motifs is 1. The standard InChI is InChI=1S/C24H23ClFNO2S/c1-24(2)14-23(27-22-11-6-18(25)13-21(22)24)17-5-3-4-16(12-17)15-30(28,29)20-9-7-19(26)8-10-20/h3-13,23,27H,14-15H2,1-2H3. The van der Waals surface area contributed by atoms with E-state index < -0.39 is 15.7 Å². The Labute approximate surface area is 181 Å². The summed E-state index contributed by atoms with van der Waals surface area (Å²) in [6, 6.07) is 18.5. The van der Waals surface area contributed by atoms with Crippen LogP contribution in [-0.4, -0.2) is 8.42 Å². The van der Waals surface area contributed by atoms with Crippen molar-refractivity contribution >= 4 is 27.1 Å². The highest BCUT2D eigenvalue weighted by Gasteiger charge is 2.33. The van der Waals surface area contributed by atoms with Gasteiger partial charge in [-0.3, -0.25) is 0 Å². The van der Waals surface area contributed by atoms with Gasteiger partial charge in [-0.15, -0.1) is 0 Å². The van der Waals surface area contributed by atoms with Gasteiger partial charge in [-0.25, -0.2) is 12.8 Å². The lowest BCUT2D eigenvalue weighted by molar-refractivity contribution is 0.427. The van der Waals surface area contributed by atoms with Crippen molar-refractivity contribution in [1.29, 1.82) is 0 Å². The van der Waals surface area contributed by atoms with Crippen LogP contribution < -0.4 is 5.32 Å². The molecular weight excluding hydrogens is 421 g/mol. The van der Waals surface area contributed by atoms with Gasteiger partial charge in [-0.05, 0) is 71.0 Å². The van der Waals surface area contributed by atoms with Crippen molar-refractivity contribution in [2.75, 3.05) is 5.32 Å². The van der Waals surface area contributed by atoms with Gasteiger partial charge in [0.15, 0.2) is 9.84 Å². The zero-order valence-corrected chi connectivity index (χ0v) is 18.4. The molecule has 0 spiro atoms. The smallest absolute Gasteiger partial charge is 0.182 e. The van der Waals surface area contributed by atoms with E-state index in [1.807, 2.05) is 42.5 Å². The average Bonchev–Trinajstić information content (AvgIpc) is 2.68. The second-order valence-corrected chi connectivity index (χ2v) is 10.9. The molecule has 1 aliphatic heterocycles. The molecule has 6 heteroatoms. The van der Waals surface area contributed by atoms with Gasteiger partial charge < -0.3 is 5.32 Å². The van der Waals surface area contributed by atoms with Crippen LogP contribution in [0.25, 0.3) is 0 Å². The lowest BCUT2D eigenvalue weighted by Crippen LogP contribution is -2.31. The number of halogens is 2. The highest BCUT2D eigenvalue weighted by molar-refractivity contribution is 7.90.